The molecule has 0 radical (unpaired) electrons. The molecule has 0 spiro atoms. The number of carbonyl (C=O) groups excluding carboxylic acids is 2. The zero-order chi connectivity index (χ0) is 15.2. The van der Waals surface area contributed by atoms with Gasteiger partial charge in [0.1, 0.15) is 5.60 Å². The smallest absolute Gasteiger partial charge is 0.338 e. The molecule has 0 amide bonds. The molecule has 20 heavy (non-hydrogen) atoms. The van der Waals surface area contributed by atoms with E-state index in [4.69, 9.17) is 9.47 Å². The van der Waals surface area contributed by atoms with Crippen LogP contribution in [-0.4, -0.2) is 31.2 Å². The number of benzene rings is 1. The van der Waals surface area contributed by atoms with Crippen molar-refractivity contribution in [2.24, 2.45) is 0 Å². The molecule has 0 fully saturated rings. The lowest BCUT2D eigenvalue weighted by Crippen LogP contribution is -2.31. The number of hydrogen-bond acceptors (Lipinski definition) is 5. The second-order valence-electron chi connectivity index (χ2n) is 5.34. The van der Waals surface area contributed by atoms with Crippen LogP contribution in [0.1, 0.15) is 36.7 Å². The topological polar surface area (TPSA) is 64.6 Å². The average Bonchev–Trinajstić information content (AvgIpc) is 2.36. The lowest BCUT2D eigenvalue weighted by Gasteiger charge is -2.19. The number of rotatable bonds is 5. The van der Waals surface area contributed by atoms with E-state index in [9.17, 15) is 9.59 Å². The zero-order valence-corrected chi connectivity index (χ0v) is 12.4. The highest BCUT2D eigenvalue weighted by Crippen LogP contribution is 2.10. The van der Waals surface area contributed by atoms with Crippen molar-refractivity contribution in [2.75, 3.05) is 13.7 Å². The predicted molar refractivity (Wildman–Crippen MR) is 75.3 cm³/mol. The standard InChI is InChI=1S/C15H21NO4/c1-15(2,3)20-13(17)10-16-9-11-7-5-6-8-12(11)14(18)19-4/h5-8,16H,9-10H2,1-4H3. The summed E-state index contributed by atoms with van der Waals surface area (Å²) in [6.45, 7) is 5.93. The van der Waals surface area contributed by atoms with Gasteiger partial charge in [-0.25, -0.2) is 4.79 Å². The predicted octanol–water partition coefficient (Wildman–Crippen LogP) is 1.90. The van der Waals surface area contributed by atoms with Crippen molar-refractivity contribution in [3.05, 3.63) is 35.4 Å². The molecule has 110 valence electrons. The Labute approximate surface area is 119 Å². The highest BCUT2D eigenvalue weighted by molar-refractivity contribution is 5.90. The second-order valence-corrected chi connectivity index (χ2v) is 5.34. The van der Waals surface area contributed by atoms with Crippen LogP contribution >= 0.6 is 0 Å². The Hall–Kier alpha value is -1.88. The number of hydrogen-bond donors (Lipinski definition) is 1. The monoisotopic (exact) mass is 279 g/mol. The third-order valence-electron chi connectivity index (χ3n) is 2.43. The molecule has 0 atom stereocenters. The van der Waals surface area contributed by atoms with Crippen molar-refractivity contribution < 1.29 is 19.1 Å². The molecule has 0 saturated heterocycles. The molecule has 1 N–H and O–H groups in total. The maximum absolute atomic E-state index is 11.6. The van der Waals surface area contributed by atoms with Crippen molar-refractivity contribution in [3.8, 4) is 0 Å². The number of nitrogens with one attached hydrogen (secondary N) is 1. The summed E-state index contributed by atoms with van der Waals surface area (Å²) in [4.78, 5) is 23.1. The average molecular weight is 279 g/mol. The van der Waals surface area contributed by atoms with E-state index in [0.29, 0.717) is 12.1 Å². The molecule has 1 aromatic rings. The SMILES string of the molecule is COC(=O)c1ccccc1CNCC(=O)OC(C)(C)C. The van der Waals surface area contributed by atoms with E-state index in [1.807, 2.05) is 32.9 Å². The van der Waals surface area contributed by atoms with Gasteiger partial charge in [0.25, 0.3) is 0 Å². The van der Waals surface area contributed by atoms with E-state index < -0.39 is 5.60 Å². The summed E-state index contributed by atoms with van der Waals surface area (Å²) in [6, 6.07) is 7.10. The van der Waals surface area contributed by atoms with E-state index in [1.54, 1.807) is 12.1 Å². The molecule has 0 heterocycles. The van der Waals surface area contributed by atoms with Crippen molar-refractivity contribution in [1.29, 1.82) is 0 Å². The summed E-state index contributed by atoms with van der Waals surface area (Å²) in [5.74, 6) is -0.715. The van der Waals surface area contributed by atoms with Crippen LogP contribution in [0.4, 0.5) is 0 Å². The van der Waals surface area contributed by atoms with Gasteiger partial charge in [-0.3, -0.25) is 4.79 Å². The molecular formula is C15H21NO4. The van der Waals surface area contributed by atoms with Crippen LogP contribution in [0.2, 0.25) is 0 Å². The van der Waals surface area contributed by atoms with E-state index in [-0.39, 0.29) is 18.5 Å². The van der Waals surface area contributed by atoms with Gasteiger partial charge >= 0.3 is 11.9 Å². The maximum Gasteiger partial charge on any atom is 0.338 e. The fraction of sp³-hybridized carbons (Fsp3) is 0.467. The number of carbonyl (C=O) groups is 2. The molecule has 0 aliphatic carbocycles. The molecule has 0 aromatic heterocycles. The minimum atomic E-state index is -0.497. The van der Waals surface area contributed by atoms with Crippen molar-refractivity contribution >= 4 is 11.9 Å². The van der Waals surface area contributed by atoms with Crippen LogP contribution in [0.5, 0.6) is 0 Å². The van der Waals surface area contributed by atoms with Crippen LogP contribution in [0, 0.1) is 0 Å². The van der Waals surface area contributed by atoms with Gasteiger partial charge in [0, 0.05) is 6.54 Å². The quantitative estimate of drug-likeness (QED) is 0.834. The molecule has 1 rings (SSSR count). The summed E-state index contributed by atoms with van der Waals surface area (Å²) < 4.78 is 9.89. The Morgan fingerprint density at radius 3 is 2.45 bits per heavy atom. The Bertz CT molecular complexity index is 477. The highest BCUT2D eigenvalue weighted by atomic mass is 16.6. The number of ether oxygens (including phenoxy) is 2. The second kappa shape index (κ2) is 7.05. The summed E-state index contributed by atoms with van der Waals surface area (Å²) in [5.41, 5.74) is 0.775. The van der Waals surface area contributed by atoms with Gasteiger partial charge < -0.3 is 14.8 Å². The molecular weight excluding hydrogens is 258 g/mol. The normalized spacial score (nSPS) is 11.0. The fourth-order valence-corrected chi connectivity index (χ4v) is 1.66. The largest absolute Gasteiger partial charge is 0.465 e. The first kappa shape index (κ1) is 16.2. The first-order valence-corrected chi connectivity index (χ1v) is 6.42. The van der Waals surface area contributed by atoms with Gasteiger partial charge in [0.15, 0.2) is 0 Å². The van der Waals surface area contributed by atoms with E-state index >= 15 is 0 Å². The summed E-state index contributed by atoms with van der Waals surface area (Å²) in [6.07, 6.45) is 0. The van der Waals surface area contributed by atoms with E-state index in [2.05, 4.69) is 5.32 Å². The van der Waals surface area contributed by atoms with Crippen LogP contribution in [-0.2, 0) is 20.8 Å². The van der Waals surface area contributed by atoms with Gasteiger partial charge in [-0.1, -0.05) is 18.2 Å². The molecule has 0 unspecified atom stereocenters. The van der Waals surface area contributed by atoms with Crippen molar-refractivity contribution in [1.82, 2.24) is 5.32 Å². The lowest BCUT2D eigenvalue weighted by molar-refractivity contribution is -0.153. The minimum Gasteiger partial charge on any atom is -0.465 e. The summed E-state index contributed by atoms with van der Waals surface area (Å²) in [5, 5.41) is 2.96. The van der Waals surface area contributed by atoms with Gasteiger partial charge in [0.2, 0.25) is 0 Å². The summed E-state index contributed by atoms with van der Waals surface area (Å²) in [7, 11) is 1.34. The highest BCUT2D eigenvalue weighted by Gasteiger charge is 2.16. The third-order valence-corrected chi connectivity index (χ3v) is 2.43. The van der Waals surface area contributed by atoms with Gasteiger partial charge in [0.05, 0.1) is 19.2 Å². The molecule has 0 aliphatic rings. The summed E-state index contributed by atoms with van der Waals surface area (Å²) >= 11 is 0. The van der Waals surface area contributed by atoms with Crippen LogP contribution in [0.25, 0.3) is 0 Å². The molecule has 0 bridgehead atoms. The molecule has 1 aromatic carbocycles. The number of methoxy groups -OCH3 is 1. The van der Waals surface area contributed by atoms with E-state index in [0.717, 1.165) is 5.56 Å². The van der Waals surface area contributed by atoms with Gasteiger partial charge in [-0.05, 0) is 32.4 Å². The van der Waals surface area contributed by atoms with Gasteiger partial charge in [-0.2, -0.15) is 0 Å². The van der Waals surface area contributed by atoms with E-state index in [1.165, 1.54) is 7.11 Å². The fourth-order valence-electron chi connectivity index (χ4n) is 1.66. The molecule has 0 saturated carbocycles. The maximum atomic E-state index is 11.6. The molecule has 5 nitrogen and oxygen atoms in total. The molecule has 0 aliphatic heterocycles. The lowest BCUT2D eigenvalue weighted by atomic mass is 10.1. The zero-order valence-electron chi connectivity index (χ0n) is 12.4. The minimum absolute atomic E-state index is 0.0901. The Morgan fingerprint density at radius 1 is 1.20 bits per heavy atom. The first-order valence-electron chi connectivity index (χ1n) is 6.42. The van der Waals surface area contributed by atoms with Crippen LogP contribution < -0.4 is 5.32 Å². The van der Waals surface area contributed by atoms with Gasteiger partial charge in [-0.15, -0.1) is 0 Å². The Morgan fingerprint density at radius 2 is 1.85 bits per heavy atom. The van der Waals surface area contributed by atoms with Crippen LogP contribution in [0.15, 0.2) is 24.3 Å². The van der Waals surface area contributed by atoms with Crippen LogP contribution in [0.3, 0.4) is 0 Å². The Balaban J connectivity index is 2.54. The van der Waals surface area contributed by atoms with Crippen molar-refractivity contribution in [2.45, 2.75) is 32.9 Å². The third kappa shape index (κ3) is 5.40. The molecule has 5 heteroatoms. The Kier molecular flexibility index (Phi) is 5.70. The first-order chi connectivity index (χ1) is 9.33. The van der Waals surface area contributed by atoms with Crippen molar-refractivity contribution in [3.63, 3.8) is 0 Å². The number of esters is 2.